The van der Waals surface area contributed by atoms with E-state index in [9.17, 15) is 18.0 Å². The Labute approximate surface area is 117 Å². The summed E-state index contributed by atoms with van der Waals surface area (Å²) in [5.74, 6) is -1.51. The molecule has 0 aromatic heterocycles. The fourth-order valence-electron chi connectivity index (χ4n) is 1.44. The summed E-state index contributed by atoms with van der Waals surface area (Å²) in [7, 11) is 0. The van der Waals surface area contributed by atoms with Gasteiger partial charge in [-0.15, -0.1) is 13.2 Å². The highest BCUT2D eigenvalue weighted by Gasteiger charge is 2.34. The largest absolute Gasteiger partial charge is 0.573 e. The molecule has 0 saturated carbocycles. The molecule has 0 unspecified atom stereocenters. The van der Waals surface area contributed by atoms with Crippen molar-refractivity contribution in [3.05, 3.63) is 28.3 Å². The maximum atomic E-state index is 12.4. The van der Waals surface area contributed by atoms with Crippen LogP contribution in [0, 0.1) is 11.3 Å². The highest BCUT2D eigenvalue weighted by Crippen LogP contribution is 2.34. The van der Waals surface area contributed by atoms with Crippen molar-refractivity contribution in [1.29, 1.82) is 5.26 Å². The maximum absolute atomic E-state index is 12.4. The van der Waals surface area contributed by atoms with Gasteiger partial charge in [-0.1, -0.05) is 17.7 Å². The summed E-state index contributed by atoms with van der Waals surface area (Å²) in [4.78, 5) is 11.3. The molecule has 0 fully saturated rings. The number of halogens is 4. The van der Waals surface area contributed by atoms with Gasteiger partial charge in [-0.2, -0.15) is 5.26 Å². The molecule has 0 aliphatic rings. The van der Waals surface area contributed by atoms with E-state index in [1.54, 1.807) is 6.92 Å². The monoisotopic (exact) mass is 307 g/mol. The number of rotatable bonds is 4. The van der Waals surface area contributed by atoms with Crippen molar-refractivity contribution in [2.24, 2.45) is 0 Å². The third-order valence-electron chi connectivity index (χ3n) is 2.16. The molecule has 108 valence electrons. The van der Waals surface area contributed by atoms with Crippen molar-refractivity contribution in [2.45, 2.75) is 19.7 Å². The summed E-state index contributed by atoms with van der Waals surface area (Å²) in [5.41, 5.74) is -0.604. The molecule has 0 heterocycles. The Morgan fingerprint density at radius 1 is 1.45 bits per heavy atom. The van der Waals surface area contributed by atoms with Crippen LogP contribution in [0.5, 0.6) is 5.75 Å². The van der Waals surface area contributed by atoms with Crippen LogP contribution in [0.25, 0.3) is 0 Å². The Morgan fingerprint density at radius 2 is 2.10 bits per heavy atom. The third-order valence-corrected chi connectivity index (χ3v) is 2.47. The van der Waals surface area contributed by atoms with Gasteiger partial charge in [0.25, 0.3) is 0 Å². The highest BCUT2D eigenvalue weighted by molar-refractivity contribution is 6.32. The molecule has 0 spiro atoms. The average Bonchev–Trinajstić information content (AvgIpc) is 2.31. The highest BCUT2D eigenvalue weighted by atomic mass is 35.5. The van der Waals surface area contributed by atoms with Crippen molar-refractivity contribution in [1.82, 2.24) is 0 Å². The fourth-order valence-corrected chi connectivity index (χ4v) is 1.64. The van der Waals surface area contributed by atoms with Crippen LogP contribution in [0.4, 0.5) is 13.2 Å². The third kappa shape index (κ3) is 4.31. The normalized spacial score (nSPS) is 10.8. The Morgan fingerprint density at radius 3 is 2.60 bits per heavy atom. The number of benzene rings is 1. The SMILES string of the molecule is CCOC(=O)Cc1ccc(Cl)c(C#N)c1OC(F)(F)F. The molecule has 0 aliphatic heterocycles. The van der Waals surface area contributed by atoms with E-state index in [2.05, 4.69) is 9.47 Å². The van der Waals surface area contributed by atoms with Gasteiger partial charge in [0.15, 0.2) is 5.75 Å². The van der Waals surface area contributed by atoms with Crippen molar-refractivity contribution < 1.29 is 27.4 Å². The summed E-state index contributed by atoms with van der Waals surface area (Å²) < 4.78 is 45.5. The van der Waals surface area contributed by atoms with Crippen molar-refractivity contribution in [2.75, 3.05) is 6.61 Å². The Bertz CT molecular complexity index is 552. The molecule has 0 atom stereocenters. The minimum Gasteiger partial charge on any atom is -0.466 e. The fraction of sp³-hybridized carbons (Fsp3) is 0.333. The zero-order valence-corrected chi connectivity index (χ0v) is 11.0. The molecule has 1 rings (SSSR count). The Kier molecular flexibility index (Phi) is 5.22. The summed E-state index contributed by atoms with van der Waals surface area (Å²) in [5, 5.41) is 8.67. The van der Waals surface area contributed by atoms with Crippen LogP contribution in [-0.4, -0.2) is 18.9 Å². The molecule has 20 heavy (non-hydrogen) atoms. The molecule has 1 aromatic carbocycles. The van der Waals surface area contributed by atoms with Crippen LogP contribution in [-0.2, 0) is 16.0 Å². The van der Waals surface area contributed by atoms with Crippen molar-refractivity contribution in [3.8, 4) is 11.8 Å². The topological polar surface area (TPSA) is 59.3 Å². The van der Waals surface area contributed by atoms with E-state index in [1.165, 1.54) is 18.2 Å². The maximum Gasteiger partial charge on any atom is 0.573 e. The van der Waals surface area contributed by atoms with Gasteiger partial charge in [0.05, 0.1) is 18.1 Å². The van der Waals surface area contributed by atoms with Gasteiger partial charge in [0.1, 0.15) is 11.6 Å². The molecule has 0 bridgehead atoms. The van der Waals surface area contributed by atoms with Crippen molar-refractivity contribution in [3.63, 3.8) is 0 Å². The molecule has 0 amide bonds. The second-order valence-corrected chi connectivity index (χ2v) is 3.96. The lowest BCUT2D eigenvalue weighted by Crippen LogP contribution is -2.20. The van der Waals surface area contributed by atoms with E-state index in [0.717, 1.165) is 0 Å². The molecule has 8 heteroatoms. The second kappa shape index (κ2) is 6.48. The van der Waals surface area contributed by atoms with Gasteiger partial charge in [0.2, 0.25) is 0 Å². The molecule has 0 radical (unpaired) electrons. The first-order valence-corrected chi connectivity index (χ1v) is 5.79. The van der Waals surface area contributed by atoms with E-state index in [4.69, 9.17) is 16.9 Å². The molecule has 1 aromatic rings. The molecule has 4 nitrogen and oxygen atoms in total. The number of alkyl halides is 3. The number of nitriles is 1. The first-order chi connectivity index (χ1) is 9.28. The summed E-state index contributed by atoms with van der Waals surface area (Å²) in [6.45, 7) is 1.65. The number of carbonyl (C=O) groups is 1. The summed E-state index contributed by atoms with van der Waals surface area (Å²) in [6, 6.07) is 3.92. The molecule has 0 aliphatic carbocycles. The van der Waals surface area contributed by atoms with E-state index >= 15 is 0 Å². The number of esters is 1. The number of carbonyl (C=O) groups excluding carboxylic acids is 1. The number of hydrogen-bond acceptors (Lipinski definition) is 4. The van der Waals surface area contributed by atoms with E-state index < -0.39 is 30.1 Å². The van der Waals surface area contributed by atoms with Crippen LogP contribution >= 0.6 is 11.6 Å². The first kappa shape index (κ1) is 16.1. The minimum atomic E-state index is -5.00. The zero-order valence-electron chi connectivity index (χ0n) is 10.3. The molecular formula is C12H9ClF3NO3. The van der Waals surface area contributed by atoms with Crippen LogP contribution in [0.3, 0.4) is 0 Å². The zero-order chi connectivity index (χ0) is 15.3. The smallest absolute Gasteiger partial charge is 0.466 e. The quantitative estimate of drug-likeness (QED) is 0.801. The number of hydrogen-bond donors (Lipinski definition) is 0. The minimum absolute atomic E-state index is 0.0903. The van der Waals surface area contributed by atoms with Crippen LogP contribution < -0.4 is 4.74 Å². The van der Waals surface area contributed by atoms with Gasteiger partial charge in [0, 0.05) is 5.56 Å². The number of ether oxygens (including phenoxy) is 2. The summed E-state index contributed by atoms with van der Waals surface area (Å²) in [6.07, 6.45) is -5.45. The Balaban J connectivity index is 3.23. The van der Waals surface area contributed by atoms with Crippen LogP contribution in [0.1, 0.15) is 18.1 Å². The summed E-state index contributed by atoms with van der Waals surface area (Å²) >= 11 is 5.64. The molecular weight excluding hydrogens is 299 g/mol. The lowest BCUT2D eigenvalue weighted by Gasteiger charge is -2.15. The predicted molar refractivity (Wildman–Crippen MR) is 63.2 cm³/mol. The van der Waals surface area contributed by atoms with Crippen molar-refractivity contribution >= 4 is 17.6 Å². The molecule has 0 N–H and O–H groups in total. The van der Waals surface area contributed by atoms with Crippen LogP contribution in [0.15, 0.2) is 12.1 Å². The first-order valence-electron chi connectivity index (χ1n) is 5.41. The van der Waals surface area contributed by atoms with Gasteiger partial charge >= 0.3 is 12.3 Å². The lowest BCUT2D eigenvalue weighted by molar-refractivity contribution is -0.275. The average molecular weight is 308 g/mol. The van der Waals surface area contributed by atoms with Gasteiger partial charge in [-0.3, -0.25) is 4.79 Å². The van der Waals surface area contributed by atoms with Gasteiger partial charge < -0.3 is 9.47 Å². The standard InChI is InChI=1S/C12H9ClF3NO3/c1-2-19-10(18)5-7-3-4-9(13)8(6-17)11(7)20-12(14,15)16/h3-4H,2,5H2,1H3. The predicted octanol–water partition coefficient (Wildman–Crippen LogP) is 3.22. The van der Waals surface area contributed by atoms with Gasteiger partial charge in [-0.05, 0) is 13.0 Å². The molecule has 0 saturated heterocycles. The van der Waals surface area contributed by atoms with E-state index in [-0.39, 0.29) is 17.2 Å². The number of nitrogens with zero attached hydrogens (tertiary/aromatic N) is 1. The lowest BCUT2D eigenvalue weighted by atomic mass is 10.1. The van der Waals surface area contributed by atoms with E-state index in [1.807, 2.05) is 0 Å². The van der Waals surface area contributed by atoms with Crippen LogP contribution in [0.2, 0.25) is 5.02 Å². The van der Waals surface area contributed by atoms with E-state index in [0.29, 0.717) is 0 Å². The Hall–Kier alpha value is -1.94. The van der Waals surface area contributed by atoms with Gasteiger partial charge in [-0.25, -0.2) is 0 Å². The second-order valence-electron chi connectivity index (χ2n) is 3.55.